The lowest BCUT2D eigenvalue weighted by Gasteiger charge is -2.07. The van der Waals surface area contributed by atoms with Crippen LogP contribution in [0, 0.1) is 0 Å². The molecule has 1 aromatic carbocycles. The monoisotopic (exact) mass is 385 g/mol. The van der Waals surface area contributed by atoms with E-state index in [1.807, 2.05) is 30.3 Å². The van der Waals surface area contributed by atoms with Gasteiger partial charge in [0.25, 0.3) is 5.91 Å². The molecule has 1 N–H and O–H groups in total. The molecule has 1 amide bonds. The maximum atomic E-state index is 12.1. The van der Waals surface area contributed by atoms with Gasteiger partial charge >= 0.3 is 11.9 Å². The van der Waals surface area contributed by atoms with Crippen LogP contribution in [-0.4, -0.2) is 31.6 Å². The van der Waals surface area contributed by atoms with Crippen molar-refractivity contribution in [3.8, 4) is 0 Å². The highest BCUT2D eigenvalue weighted by atomic mass is 32.1. The number of rotatable bonds is 6. The van der Waals surface area contributed by atoms with E-state index in [9.17, 15) is 14.4 Å². The predicted octanol–water partition coefficient (Wildman–Crippen LogP) is 3.22. The number of anilines is 1. The molecule has 0 saturated heterocycles. The third kappa shape index (κ3) is 4.62. The van der Waals surface area contributed by atoms with E-state index in [2.05, 4.69) is 5.32 Å². The third-order valence-corrected chi connectivity index (χ3v) is 5.33. The predicted molar refractivity (Wildman–Crippen MR) is 103 cm³/mol. The number of hydrogen-bond acceptors (Lipinski definition) is 6. The van der Waals surface area contributed by atoms with Gasteiger partial charge in [0.15, 0.2) is 6.61 Å². The summed E-state index contributed by atoms with van der Waals surface area (Å²) in [7, 11) is 1.31. The fourth-order valence-corrected chi connectivity index (χ4v) is 4.18. The Bertz CT molecular complexity index is 885. The highest BCUT2D eigenvalue weighted by Crippen LogP contribution is 2.39. The first-order valence-electron chi connectivity index (χ1n) is 8.51. The second-order valence-corrected chi connectivity index (χ2v) is 7.06. The van der Waals surface area contributed by atoms with Crippen molar-refractivity contribution in [2.45, 2.75) is 19.3 Å². The Labute approximate surface area is 160 Å². The number of methoxy groups -OCH3 is 1. The number of aryl methyl sites for hydroxylation is 1. The Morgan fingerprint density at radius 1 is 1.19 bits per heavy atom. The van der Waals surface area contributed by atoms with Crippen molar-refractivity contribution < 1.29 is 23.9 Å². The number of esters is 2. The molecule has 0 radical (unpaired) electrons. The van der Waals surface area contributed by atoms with Crippen LogP contribution in [-0.2, 0) is 31.9 Å². The molecular weight excluding hydrogens is 366 g/mol. The van der Waals surface area contributed by atoms with Crippen molar-refractivity contribution >= 4 is 40.3 Å². The minimum absolute atomic E-state index is 0.415. The minimum Gasteiger partial charge on any atom is -0.465 e. The smallest absolute Gasteiger partial charge is 0.341 e. The van der Waals surface area contributed by atoms with Crippen LogP contribution >= 0.6 is 11.3 Å². The average Bonchev–Trinajstić information content (AvgIpc) is 3.25. The first-order valence-corrected chi connectivity index (χ1v) is 9.32. The summed E-state index contributed by atoms with van der Waals surface area (Å²) < 4.78 is 9.79. The molecule has 0 bridgehead atoms. The molecule has 6 nitrogen and oxygen atoms in total. The van der Waals surface area contributed by atoms with Crippen molar-refractivity contribution in [3.63, 3.8) is 0 Å². The maximum absolute atomic E-state index is 12.1. The van der Waals surface area contributed by atoms with E-state index in [0.29, 0.717) is 10.6 Å². The quantitative estimate of drug-likeness (QED) is 0.610. The zero-order valence-electron chi connectivity index (χ0n) is 14.8. The molecule has 1 heterocycles. The van der Waals surface area contributed by atoms with Gasteiger partial charge in [0, 0.05) is 11.0 Å². The standard InChI is InChI=1S/C20H19NO5S/c1-25-20(24)18-14-8-5-9-15(14)27-19(18)21-16(22)12-26-17(23)11-10-13-6-3-2-4-7-13/h2-4,6-7,10-11H,5,8-9,12H2,1H3,(H,21,22)/b11-10+. The molecule has 1 aromatic heterocycles. The van der Waals surface area contributed by atoms with E-state index in [1.54, 1.807) is 6.08 Å². The van der Waals surface area contributed by atoms with Crippen molar-refractivity contribution in [3.05, 3.63) is 58.0 Å². The third-order valence-electron chi connectivity index (χ3n) is 4.12. The van der Waals surface area contributed by atoms with Crippen LogP contribution in [0.15, 0.2) is 36.4 Å². The van der Waals surface area contributed by atoms with E-state index < -0.39 is 24.5 Å². The fraction of sp³-hybridized carbons (Fsp3) is 0.250. The molecule has 0 atom stereocenters. The number of fused-ring (bicyclic) bond motifs is 1. The molecule has 140 valence electrons. The van der Waals surface area contributed by atoms with Crippen LogP contribution < -0.4 is 5.32 Å². The summed E-state index contributed by atoms with van der Waals surface area (Å²) in [5.74, 6) is -1.58. The molecule has 1 aliphatic carbocycles. The van der Waals surface area contributed by atoms with Crippen molar-refractivity contribution in [2.75, 3.05) is 19.0 Å². The number of thiophene rings is 1. The van der Waals surface area contributed by atoms with Gasteiger partial charge in [-0.1, -0.05) is 30.3 Å². The molecule has 27 heavy (non-hydrogen) atoms. The minimum atomic E-state index is -0.615. The lowest BCUT2D eigenvalue weighted by molar-refractivity contribution is -0.142. The first kappa shape index (κ1) is 18.8. The molecule has 7 heteroatoms. The van der Waals surface area contributed by atoms with E-state index in [4.69, 9.17) is 9.47 Å². The second-order valence-electron chi connectivity index (χ2n) is 5.95. The summed E-state index contributed by atoms with van der Waals surface area (Å²) in [6, 6.07) is 9.29. The lowest BCUT2D eigenvalue weighted by Crippen LogP contribution is -2.21. The number of hydrogen-bond donors (Lipinski definition) is 1. The number of nitrogens with one attached hydrogen (secondary N) is 1. The van der Waals surface area contributed by atoms with Crippen LogP contribution in [0.4, 0.5) is 5.00 Å². The summed E-state index contributed by atoms with van der Waals surface area (Å²) in [4.78, 5) is 37.0. The first-order chi connectivity index (χ1) is 13.1. The lowest BCUT2D eigenvalue weighted by atomic mass is 10.1. The van der Waals surface area contributed by atoms with Gasteiger partial charge in [-0.05, 0) is 36.5 Å². The molecule has 0 spiro atoms. The Morgan fingerprint density at radius 3 is 2.70 bits per heavy atom. The largest absolute Gasteiger partial charge is 0.465 e. The van der Waals surface area contributed by atoms with Gasteiger partial charge < -0.3 is 14.8 Å². The Hall–Kier alpha value is -2.93. The Morgan fingerprint density at radius 2 is 1.96 bits per heavy atom. The number of carbonyl (C=O) groups is 3. The number of ether oxygens (including phenoxy) is 2. The zero-order chi connectivity index (χ0) is 19.2. The van der Waals surface area contributed by atoms with Gasteiger partial charge in [-0.3, -0.25) is 4.79 Å². The summed E-state index contributed by atoms with van der Waals surface area (Å²) in [5.41, 5.74) is 2.22. The van der Waals surface area contributed by atoms with E-state index in [0.717, 1.165) is 35.3 Å². The average molecular weight is 385 g/mol. The molecule has 2 aromatic rings. The zero-order valence-corrected chi connectivity index (χ0v) is 15.6. The van der Waals surface area contributed by atoms with E-state index in [-0.39, 0.29) is 0 Å². The Balaban J connectivity index is 1.58. The summed E-state index contributed by atoms with van der Waals surface area (Å²) in [6.45, 7) is -0.429. The van der Waals surface area contributed by atoms with Crippen LogP contribution in [0.25, 0.3) is 6.08 Å². The maximum Gasteiger partial charge on any atom is 0.341 e. The summed E-state index contributed by atoms with van der Waals surface area (Å²) in [6.07, 6.45) is 5.55. The fourth-order valence-electron chi connectivity index (χ4n) is 2.89. The van der Waals surface area contributed by atoms with Gasteiger partial charge in [0.05, 0.1) is 12.7 Å². The Kier molecular flexibility index (Phi) is 6.03. The summed E-state index contributed by atoms with van der Waals surface area (Å²) in [5, 5.41) is 3.11. The second kappa shape index (κ2) is 8.64. The molecule has 1 aliphatic rings. The number of benzene rings is 1. The van der Waals surface area contributed by atoms with Gasteiger partial charge in [0.1, 0.15) is 5.00 Å². The highest BCUT2D eigenvalue weighted by molar-refractivity contribution is 7.17. The van der Waals surface area contributed by atoms with Gasteiger partial charge in [0.2, 0.25) is 0 Å². The van der Waals surface area contributed by atoms with Crippen LogP contribution in [0.1, 0.15) is 32.8 Å². The van der Waals surface area contributed by atoms with Crippen LogP contribution in [0.2, 0.25) is 0 Å². The highest BCUT2D eigenvalue weighted by Gasteiger charge is 2.28. The molecule has 0 fully saturated rings. The molecular formula is C20H19NO5S. The normalized spacial score (nSPS) is 12.6. The van der Waals surface area contributed by atoms with Crippen molar-refractivity contribution in [1.29, 1.82) is 0 Å². The summed E-state index contributed by atoms with van der Waals surface area (Å²) >= 11 is 1.38. The van der Waals surface area contributed by atoms with E-state index in [1.165, 1.54) is 24.5 Å². The topological polar surface area (TPSA) is 81.7 Å². The molecule has 0 unspecified atom stereocenters. The molecule has 3 rings (SSSR count). The number of carbonyl (C=O) groups excluding carboxylic acids is 3. The molecule has 0 saturated carbocycles. The van der Waals surface area contributed by atoms with Crippen molar-refractivity contribution in [1.82, 2.24) is 0 Å². The number of amides is 1. The van der Waals surface area contributed by atoms with E-state index >= 15 is 0 Å². The molecule has 0 aliphatic heterocycles. The van der Waals surface area contributed by atoms with Crippen molar-refractivity contribution in [2.24, 2.45) is 0 Å². The van der Waals surface area contributed by atoms with Crippen LogP contribution in [0.5, 0.6) is 0 Å². The SMILES string of the molecule is COC(=O)c1c(NC(=O)COC(=O)/C=C/c2ccccc2)sc2c1CCC2. The van der Waals surface area contributed by atoms with Crippen LogP contribution in [0.3, 0.4) is 0 Å². The van der Waals surface area contributed by atoms with Gasteiger partial charge in [-0.2, -0.15) is 0 Å². The van der Waals surface area contributed by atoms with Gasteiger partial charge in [-0.15, -0.1) is 11.3 Å². The van der Waals surface area contributed by atoms with Gasteiger partial charge in [-0.25, -0.2) is 9.59 Å².